The van der Waals surface area contributed by atoms with Crippen LogP contribution in [0.2, 0.25) is 0 Å². The summed E-state index contributed by atoms with van der Waals surface area (Å²) >= 11 is 0. The Labute approximate surface area is 191 Å². The highest BCUT2D eigenvalue weighted by Gasteiger charge is 2.54. The van der Waals surface area contributed by atoms with Crippen molar-refractivity contribution < 1.29 is 22.8 Å². The molecule has 2 bridgehead atoms. The first-order chi connectivity index (χ1) is 15.8. The second-order valence-corrected chi connectivity index (χ2v) is 9.59. The average Bonchev–Trinajstić information content (AvgIpc) is 2.83. The van der Waals surface area contributed by atoms with Crippen LogP contribution in [-0.4, -0.2) is 33.7 Å². The van der Waals surface area contributed by atoms with Gasteiger partial charge in [-0.25, -0.2) is 0 Å². The molecule has 3 aliphatic heterocycles. The van der Waals surface area contributed by atoms with Crippen LogP contribution in [0.5, 0.6) is 0 Å². The molecule has 3 aliphatic rings. The fraction of sp³-hybridized carbons (Fsp3) is 0.370. The van der Waals surface area contributed by atoms with E-state index in [2.05, 4.69) is 11.6 Å². The number of alkyl halides is 3. The molecule has 3 nitrogen and oxygen atoms in total. The van der Waals surface area contributed by atoms with Crippen molar-refractivity contribution in [2.24, 2.45) is 11.8 Å². The minimum absolute atomic E-state index is 0.0342. The van der Waals surface area contributed by atoms with Gasteiger partial charge in [0.15, 0.2) is 0 Å². The van der Waals surface area contributed by atoms with Gasteiger partial charge < -0.3 is 9.59 Å². The van der Waals surface area contributed by atoms with E-state index < -0.39 is 17.8 Å². The monoisotopic (exact) mass is 453 g/mol. The molecule has 2 aromatic carbocycles. The minimum Gasteiger partial charge on any atom is -0.382 e. The van der Waals surface area contributed by atoms with E-state index in [9.17, 15) is 18.3 Å². The third-order valence-electron chi connectivity index (χ3n) is 7.82. The Balaban J connectivity index is 1.51. The Kier molecular flexibility index (Phi) is 5.53. The highest BCUT2D eigenvalue weighted by atomic mass is 19.4. The van der Waals surface area contributed by atoms with Crippen LogP contribution < -0.4 is 0 Å². The van der Waals surface area contributed by atoms with Crippen LogP contribution in [0.4, 0.5) is 13.2 Å². The highest BCUT2D eigenvalue weighted by molar-refractivity contribution is 5.82. The van der Waals surface area contributed by atoms with Gasteiger partial charge in [0.25, 0.3) is 0 Å². The number of benzene rings is 2. The van der Waals surface area contributed by atoms with E-state index in [0.717, 1.165) is 60.1 Å². The zero-order chi connectivity index (χ0) is 23.2. The molecule has 4 heterocycles. The van der Waals surface area contributed by atoms with Crippen LogP contribution in [0, 0.1) is 11.8 Å². The summed E-state index contributed by atoms with van der Waals surface area (Å²) in [6.45, 7) is 6.39. The fourth-order valence-electron chi connectivity index (χ4n) is 6.13. The van der Waals surface area contributed by atoms with Crippen molar-refractivity contribution in [3.05, 3.63) is 90.1 Å². The first-order valence-corrected chi connectivity index (χ1v) is 11.5. The van der Waals surface area contributed by atoms with Crippen LogP contribution in [0.1, 0.15) is 35.6 Å². The summed E-state index contributed by atoms with van der Waals surface area (Å²) < 4.78 is 39.8. The van der Waals surface area contributed by atoms with Crippen molar-refractivity contribution in [1.29, 1.82) is 0 Å². The van der Waals surface area contributed by atoms with E-state index in [1.54, 1.807) is 18.3 Å². The molecule has 3 saturated heterocycles. The van der Waals surface area contributed by atoms with E-state index in [1.807, 2.05) is 36.4 Å². The number of pyridine rings is 1. The summed E-state index contributed by atoms with van der Waals surface area (Å²) in [5.41, 5.74) is 1.96. The van der Waals surface area contributed by atoms with Gasteiger partial charge in [0, 0.05) is 35.9 Å². The number of rotatable bonds is 5. The van der Waals surface area contributed by atoms with Gasteiger partial charge in [-0.2, -0.15) is 13.2 Å². The molecule has 5 atom stereocenters. The zero-order valence-corrected chi connectivity index (χ0v) is 18.4. The number of hydrogen-bond acceptors (Lipinski definition) is 2. The largest absolute Gasteiger partial charge is 0.416 e. The predicted molar refractivity (Wildman–Crippen MR) is 122 cm³/mol. The molecule has 0 amide bonds. The van der Waals surface area contributed by atoms with Crippen molar-refractivity contribution in [3.63, 3.8) is 0 Å². The lowest BCUT2D eigenvalue weighted by molar-refractivity contribution is -0.984. The Morgan fingerprint density at radius 3 is 2.61 bits per heavy atom. The summed E-state index contributed by atoms with van der Waals surface area (Å²) in [6, 6.07) is 15.2. The maximum absolute atomic E-state index is 13.1. The van der Waals surface area contributed by atoms with Gasteiger partial charge in [0.05, 0.1) is 24.2 Å². The van der Waals surface area contributed by atoms with Gasteiger partial charge in [0.2, 0.25) is 0 Å². The summed E-state index contributed by atoms with van der Waals surface area (Å²) in [5.74, 6) is 0.827. The summed E-state index contributed by atoms with van der Waals surface area (Å²) in [4.78, 5) is 4.43. The van der Waals surface area contributed by atoms with Crippen molar-refractivity contribution in [3.8, 4) is 0 Å². The standard InChI is InChI=1S/C27H28F3N2O/c1-2-19-17-32(16-18-7-9-21(10-8-18)27(28,29)30)14-12-20(19)15-25(32)26(33)23-11-13-31-24-6-4-3-5-22(23)24/h2-11,13,19-20,25-26,33H,1,12,14-17H2/q+1/t19-,20-,25+,26-,32?/m0/s1. The maximum atomic E-state index is 13.1. The van der Waals surface area contributed by atoms with Gasteiger partial charge >= 0.3 is 6.18 Å². The lowest BCUT2D eigenvalue weighted by Crippen LogP contribution is -2.67. The quantitative estimate of drug-likeness (QED) is 0.386. The molecule has 0 saturated carbocycles. The molecule has 0 spiro atoms. The number of aliphatic hydroxyl groups is 1. The summed E-state index contributed by atoms with van der Waals surface area (Å²) in [6.07, 6.45) is 0.648. The average molecular weight is 454 g/mol. The lowest BCUT2D eigenvalue weighted by Gasteiger charge is -2.58. The second kappa shape index (κ2) is 8.26. The molecule has 0 radical (unpaired) electrons. The number of aliphatic hydroxyl groups excluding tert-OH is 1. The molecule has 172 valence electrons. The highest BCUT2D eigenvalue weighted by Crippen LogP contribution is 2.48. The molecule has 0 aliphatic carbocycles. The number of piperidine rings is 3. The van der Waals surface area contributed by atoms with Crippen molar-refractivity contribution in [2.45, 2.75) is 37.7 Å². The second-order valence-electron chi connectivity index (χ2n) is 9.59. The van der Waals surface area contributed by atoms with Crippen LogP contribution in [-0.2, 0) is 12.7 Å². The zero-order valence-electron chi connectivity index (χ0n) is 18.4. The molecule has 3 fully saturated rings. The van der Waals surface area contributed by atoms with Gasteiger partial charge in [-0.3, -0.25) is 4.98 Å². The Bertz CT molecular complexity index is 1150. The van der Waals surface area contributed by atoms with E-state index in [1.165, 1.54) is 0 Å². The third-order valence-corrected chi connectivity index (χ3v) is 7.82. The third kappa shape index (κ3) is 3.96. The SMILES string of the molecule is C=C[C@H]1C[N+]2(Cc3ccc(C(F)(F)F)cc3)CC[C@H]1C[C@@H]2[C@@H](O)c1ccnc2ccccc12. The smallest absolute Gasteiger partial charge is 0.382 e. The van der Waals surface area contributed by atoms with Gasteiger partial charge in [-0.15, -0.1) is 6.58 Å². The van der Waals surface area contributed by atoms with Crippen molar-refractivity contribution >= 4 is 10.9 Å². The number of quaternary nitrogens is 1. The van der Waals surface area contributed by atoms with Crippen molar-refractivity contribution in [2.75, 3.05) is 13.1 Å². The maximum Gasteiger partial charge on any atom is 0.416 e. The topological polar surface area (TPSA) is 33.1 Å². The van der Waals surface area contributed by atoms with E-state index >= 15 is 0 Å². The fourth-order valence-corrected chi connectivity index (χ4v) is 6.13. The first kappa shape index (κ1) is 22.1. The molecular formula is C27H28F3N2O+. The normalized spacial score (nSPS) is 28.1. The Morgan fingerprint density at radius 1 is 1.12 bits per heavy atom. The predicted octanol–water partition coefficient (Wildman–Crippen LogP) is 5.90. The van der Waals surface area contributed by atoms with E-state index in [0.29, 0.717) is 22.9 Å². The molecule has 1 unspecified atom stereocenters. The van der Waals surface area contributed by atoms with Crippen LogP contribution in [0.15, 0.2) is 73.4 Å². The van der Waals surface area contributed by atoms with Gasteiger partial charge in [0.1, 0.15) is 18.7 Å². The molecule has 3 aromatic rings. The van der Waals surface area contributed by atoms with Crippen molar-refractivity contribution in [1.82, 2.24) is 4.98 Å². The van der Waals surface area contributed by atoms with Crippen LogP contribution >= 0.6 is 0 Å². The number of hydrogen-bond donors (Lipinski definition) is 1. The first-order valence-electron chi connectivity index (χ1n) is 11.5. The number of halogens is 3. The Morgan fingerprint density at radius 2 is 1.88 bits per heavy atom. The Hall–Kier alpha value is -2.70. The van der Waals surface area contributed by atoms with Crippen LogP contribution in [0.25, 0.3) is 10.9 Å². The lowest BCUT2D eigenvalue weighted by atomic mass is 9.71. The van der Waals surface area contributed by atoms with E-state index in [4.69, 9.17) is 0 Å². The summed E-state index contributed by atoms with van der Waals surface area (Å²) in [5, 5.41) is 12.6. The number of fused-ring (bicyclic) bond motifs is 4. The molecule has 1 aromatic heterocycles. The summed E-state index contributed by atoms with van der Waals surface area (Å²) in [7, 11) is 0. The van der Waals surface area contributed by atoms with Crippen LogP contribution in [0.3, 0.4) is 0 Å². The van der Waals surface area contributed by atoms with E-state index in [-0.39, 0.29) is 6.04 Å². The van der Waals surface area contributed by atoms with Gasteiger partial charge in [-0.05, 0) is 35.7 Å². The molecular weight excluding hydrogens is 425 g/mol. The molecule has 33 heavy (non-hydrogen) atoms. The number of nitrogens with zero attached hydrogens (tertiary/aromatic N) is 2. The molecule has 6 heteroatoms. The number of aromatic nitrogens is 1. The number of para-hydroxylation sites is 1. The minimum atomic E-state index is -4.34. The molecule has 6 rings (SSSR count). The molecule has 1 N–H and O–H groups in total. The van der Waals surface area contributed by atoms with Gasteiger partial charge in [-0.1, -0.05) is 36.4 Å².